The topological polar surface area (TPSA) is 59.8 Å². The van der Waals surface area contributed by atoms with Gasteiger partial charge in [0.2, 0.25) is 0 Å². The van der Waals surface area contributed by atoms with E-state index >= 15 is 0 Å². The van der Waals surface area contributed by atoms with Crippen LogP contribution in [0.2, 0.25) is 0 Å². The molecule has 28 heavy (non-hydrogen) atoms. The van der Waals surface area contributed by atoms with Crippen LogP contribution in [0.4, 0.5) is 9.39 Å². The standard InChI is InChI=1S/C21H25FN2O3S/c1-2-27-21(26)19-17(15-7-9-16(22)10-8-15)14-28-20(19)23-18(25)13-24-11-5-3-4-6-12-24/h7-10,14H,2-6,11-13H2,1H3,(H,23,25)/p+1. The molecule has 0 spiro atoms. The van der Waals surface area contributed by atoms with E-state index in [1.807, 2.05) is 0 Å². The number of carbonyl (C=O) groups excluding carboxylic acids is 2. The Kier molecular flexibility index (Phi) is 7.17. The molecule has 2 N–H and O–H groups in total. The number of ether oxygens (including phenoxy) is 1. The number of nitrogens with one attached hydrogen (secondary N) is 2. The summed E-state index contributed by atoms with van der Waals surface area (Å²) in [4.78, 5) is 26.4. The largest absolute Gasteiger partial charge is 0.462 e. The first-order valence-corrected chi connectivity index (χ1v) is 10.6. The number of amides is 1. The molecule has 0 unspecified atom stereocenters. The van der Waals surface area contributed by atoms with E-state index in [4.69, 9.17) is 4.74 Å². The first-order chi connectivity index (χ1) is 13.6. The van der Waals surface area contributed by atoms with Crippen molar-refractivity contribution in [3.8, 4) is 11.1 Å². The molecule has 1 aromatic heterocycles. The first kappa shape index (κ1) is 20.5. The molecule has 0 atom stereocenters. The molecule has 150 valence electrons. The number of benzene rings is 1. The predicted molar refractivity (Wildman–Crippen MR) is 108 cm³/mol. The Bertz CT molecular complexity index is 812. The number of rotatable bonds is 6. The van der Waals surface area contributed by atoms with E-state index in [2.05, 4.69) is 5.32 Å². The van der Waals surface area contributed by atoms with Crippen molar-refractivity contribution in [1.29, 1.82) is 0 Å². The number of anilines is 1. The number of likely N-dealkylation sites (tertiary alicyclic amines) is 1. The molecule has 1 aliphatic heterocycles. The molecule has 0 bridgehead atoms. The summed E-state index contributed by atoms with van der Waals surface area (Å²) in [5.74, 6) is -0.930. The first-order valence-electron chi connectivity index (χ1n) is 9.76. The maximum Gasteiger partial charge on any atom is 0.341 e. The van der Waals surface area contributed by atoms with Crippen molar-refractivity contribution in [1.82, 2.24) is 0 Å². The molecule has 0 radical (unpaired) electrons. The number of hydrogen-bond acceptors (Lipinski definition) is 4. The molecule has 1 aliphatic rings. The average Bonchev–Trinajstić information content (AvgIpc) is 2.90. The van der Waals surface area contributed by atoms with Crippen LogP contribution in [0.5, 0.6) is 0 Å². The fraction of sp³-hybridized carbons (Fsp3) is 0.429. The second-order valence-corrected chi connectivity index (χ2v) is 7.85. The number of thiophene rings is 1. The highest BCUT2D eigenvalue weighted by Gasteiger charge is 2.24. The minimum absolute atomic E-state index is 0.102. The van der Waals surface area contributed by atoms with Crippen LogP contribution in [-0.4, -0.2) is 38.1 Å². The number of carbonyl (C=O) groups is 2. The zero-order valence-electron chi connectivity index (χ0n) is 16.1. The molecular formula is C21H26FN2O3S+. The van der Waals surface area contributed by atoms with E-state index < -0.39 is 5.97 Å². The number of quaternary nitrogens is 1. The van der Waals surface area contributed by atoms with Crippen LogP contribution in [0.25, 0.3) is 11.1 Å². The summed E-state index contributed by atoms with van der Waals surface area (Å²) in [6.07, 6.45) is 4.74. The Morgan fingerprint density at radius 3 is 2.46 bits per heavy atom. The summed E-state index contributed by atoms with van der Waals surface area (Å²) in [6, 6.07) is 5.94. The fourth-order valence-corrected chi connectivity index (χ4v) is 4.47. The third kappa shape index (κ3) is 5.17. The Morgan fingerprint density at radius 1 is 1.14 bits per heavy atom. The minimum Gasteiger partial charge on any atom is -0.462 e. The zero-order chi connectivity index (χ0) is 19.9. The van der Waals surface area contributed by atoms with Crippen LogP contribution in [0.15, 0.2) is 29.6 Å². The lowest BCUT2D eigenvalue weighted by molar-refractivity contribution is -0.890. The van der Waals surface area contributed by atoms with Crippen molar-refractivity contribution in [2.75, 3.05) is 31.6 Å². The van der Waals surface area contributed by atoms with Gasteiger partial charge in [0.25, 0.3) is 5.91 Å². The van der Waals surface area contributed by atoms with Gasteiger partial charge in [0.15, 0.2) is 6.54 Å². The lowest BCUT2D eigenvalue weighted by atomic mass is 10.0. The fourth-order valence-electron chi connectivity index (χ4n) is 3.50. The third-order valence-electron chi connectivity index (χ3n) is 4.90. The van der Waals surface area contributed by atoms with Gasteiger partial charge in [-0.25, -0.2) is 9.18 Å². The van der Waals surface area contributed by atoms with Gasteiger partial charge in [-0.15, -0.1) is 11.3 Å². The second kappa shape index (κ2) is 9.80. The van der Waals surface area contributed by atoms with E-state index in [-0.39, 0.29) is 18.3 Å². The summed E-state index contributed by atoms with van der Waals surface area (Å²) < 4.78 is 18.5. The van der Waals surface area contributed by atoms with Gasteiger partial charge in [0, 0.05) is 10.9 Å². The molecule has 0 saturated carbocycles. The Hall–Kier alpha value is -2.25. The molecule has 3 rings (SSSR count). The molecule has 2 heterocycles. The molecule has 5 nitrogen and oxygen atoms in total. The second-order valence-electron chi connectivity index (χ2n) is 6.97. The highest BCUT2D eigenvalue weighted by Crippen LogP contribution is 2.36. The summed E-state index contributed by atoms with van der Waals surface area (Å²) in [6.45, 7) is 4.38. The van der Waals surface area contributed by atoms with Gasteiger partial charge in [-0.05, 0) is 50.3 Å². The zero-order valence-corrected chi connectivity index (χ0v) is 16.9. The highest BCUT2D eigenvalue weighted by atomic mass is 32.1. The van der Waals surface area contributed by atoms with E-state index in [1.54, 1.807) is 24.4 Å². The number of esters is 1. The van der Waals surface area contributed by atoms with Crippen molar-refractivity contribution in [2.45, 2.75) is 32.6 Å². The predicted octanol–water partition coefficient (Wildman–Crippen LogP) is 3.13. The molecule has 2 aromatic rings. The highest BCUT2D eigenvalue weighted by molar-refractivity contribution is 7.15. The van der Waals surface area contributed by atoms with Gasteiger partial charge in [-0.2, -0.15) is 0 Å². The lowest BCUT2D eigenvalue weighted by Crippen LogP contribution is -3.12. The van der Waals surface area contributed by atoms with Gasteiger partial charge < -0.3 is 15.0 Å². The summed E-state index contributed by atoms with van der Waals surface area (Å²) >= 11 is 1.29. The van der Waals surface area contributed by atoms with E-state index in [0.717, 1.165) is 25.9 Å². The average molecular weight is 406 g/mol. The van der Waals surface area contributed by atoms with E-state index in [0.29, 0.717) is 28.2 Å². The van der Waals surface area contributed by atoms with Crippen LogP contribution < -0.4 is 10.2 Å². The van der Waals surface area contributed by atoms with Crippen molar-refractivity contribution in [3.05, 3.63) is 41.0 Å². The molecule has 1 fully saturated rings. The van der Waals surface area contributed by atoms with Crippen LogP contribution in [0, 0.1) is 5.82 Å². The van der Waals surface area contributed by atoms with E-state index in [9.17, 15) is 14.0 Å². The van der Waals surface area contributed by atoms with Gasteiger partial charge in [0.05, 0.1) is 19.7 Å². The van der Waals surface area contributed by atoms with Crippen molar-refractivity contribution < 1.29 is 23.6 Å². The Balaban J connectivity index is 1.80. The molecule has 1 amide bonds. The van der Waals surface area contributed by atoms with Gasteiger partial charge >= 0.3 is 5.97 Å². The molecule has 1 aromatic carbocycles. The van der Waals surface area contributed by atoms with Gasteiger partial charge in [0.1, 0.15) is 16.4 Å². The minimum atomic E-state index is -0.486. The lowest BCUT2D eigenvalue weighted by Gasteiger charge is -2.16. The number of halogens is 1. The molecule has 7 heteroatoms. The molecule has 0 aliphatic carbocycles. The Morgan fingerprint density at radius 2 is 1.82 bits per heavy atom. The van der Waals surface area contributed by atoms with Crippen molar-refractivity contribution in [2.24, 2.45) is 0 Å². The maximum atomic E-state index is 13.3. The number of hydrogen-bond donors (Lipinski definition) is 2. The molecule has 1 saturated heterocycles. The summed E-state index contributed by atoms with van der Waals surface area (Å²) in [5.41, 5.74) is 1.68. The van der Waals surface area contributed by atoms with Gasteiger partial charge in [-0.3, -0.25) is 4.79 Å². The monoisotopic (exact) mass is 405 g/mol. The smallest absolute Gasteiger partial charge is 0.341 e. The van der Waals surface area contributed by atoms with Crippen LogP contribution in [-0.2, 0) is 9.53 Å². The van der Waals surface area contributed by atoms with Crippen molar-refractivity contribution >= 4 is 28.2 Å². The van der Waals surface area contributed by atoms with Gasteiger partial charge in [-0.1, -0.05) is 12.1 Å². The maximum absolute atomic E-state index is 13.3. The summed E-state index contributed by atoms with van der Waals surface area (Å²) in [7, 11) is 0. The normalized spacial score (nSPS) is 15.1. The van der Waals surface area contributed by atoms with Crippen LogP contribution in [0.1, 0.15) is 43.0 Å². The SMILES string of the molecule is CCOC(=O)c1c(-c2ccc(F)cc2)csc1NC(=O)C[NH+]1CCCCCC1. The Labute approximate surface area is 168 Å². The quantitative estimate of drug-likeness (QED) is 0.726. The van der Waals surface area contributed by atoms with E-state index in [1.165, 1.54) is 41.2 Å². The molecular weight excluding hydrogens is 379 g/mol. The third-order valence-corrected chi connectivity index (χ3v) is 5.80. The van der Waals surface area contributed by atoms with Crippen LogP contribution >= 0.6 is 11.3 Å². The van der Waals surface area contributed by atoms with Crippen LogP contribution in [0.3, 0.4) is 0 Å². The summed E-state index contributed by atoms with van der Waals surface area (Å²) in [5, 5.41) is 5.19. The van der Waals surface area contributed by atoms with Crippen molar-refractivity contribution in [3.63, 3.8) is 0 Å².